The molecule has 4 heteroatoms. The standard InChI is InChI=1S/C14H21NO3/c16-8-12-3-1-2-11(12)7-15-13(17)9-4-5-10(6-9)14(15)18/h9-12,16H,1-8H2. The van der Waals surface area contributed by atoms with Gasteiger partial charge in [0.15, 0.2) is 0 Å². The quantitative estimate of drug-likeness (QED) is 0.766. The molecule has 2 bridgehead atoms. The molecule has 1 N–H and O–H groups in total. The minimum absolute atomic E-state index is 0.0531. The van der Waals surface area contributed by atoms with Crippen molar-refractivity contribution >= 4 is 11.8 Å². The summed E-state index contributed by atoms with van der Waals surface area (Å²) < 4.78 is 0. The highest BCUT2D eigenvalue weighted by atomic mass is 16.3. The second-order valence-electron chi connectivity index (χ2n) is 6.13. The number of fused-ring (bicyclic) bond motifs is 2. The van der Waals surface area contributed by atoms with Crippen molar-refractivity contribution < 1.29 is 14.7 Å². The molecular formula is C14H21NO3. The lowest BCUT2D eigenvalue weighted by Crippen LogP contribution is -2.48. The first-order valence-corrected chi connectivity index (χ1v) is 7.16. The summed E-state index contributed by atoms with van der Waals surface area (Å²) in [4.78, 5) is 26.0. The van der Waals surface area contributed by atoms with Gasteiger partial charge in [-0.25, -0.2) is 0 Å². The Bertz CT molecular complexity index is 346. The Morgan fingerprint density at radius 1 is 1.00 bits per heavy atom. The van der Waals surface area contributed by atoms with Crippen LogP contribution in [0.2, 0.25) is 0 Å². The summed E-state index contributed by atoms with van der Waals surface area (Å²) >= 11 is 0. The molecule has 1 saturated heterocycles. The molecule has 3 rings (SSSR count). The van der Waals surface area contributed by atoms with Crippen LogP contribution in [0.4, 0.5) is 0 Å². The largest absolute Gasteiger partial charge is 0.396 e. The third kappa shape index (κ3) is 1.87. The van der Waals surface area contributed by atoms with Crippen LogP contribution >= 0.6 is 0 Å². The molecule has 4 atom stereocenters. The van der Waals surface area contributed by atoms with E-state index < -0.39 is 0 Å². The molecule has 4 nitrogen and oxygen atoms in total. The maximum absolute atomic E-state index is 12.2. The van der Waals surface area contributed by atoms with E-state index in [-0.39, 0.29) is 36.2 Å². The molecule has 0 aromatic carbocycles. The number of likely N-dealkylation sites (tertiary alicyclic amines) is 1. The van der Waals surface area contributed by atoms with Gasteiger partial charge in [-0.15, -0.1) is 0 Å². The first kappa shape index (κ1) is 12.2. The summed E-state index contributed by atoms with van der Waals surface area (Å²) in [6, 6.07) is 0. The lowest BCUT2D eigenvalue weighted by molar-refractivity contribution is -0.153. The fraction of sp³-hybridized carbons (Fsp3) is 0.857. The van der Waals surface area contributed by atoms with Gasteiger partial charge in [-0.3, -0.25) is 14.5 Å². The Morgan fingerprint density at radius 3 is 2.22 bits per heavy atom. The number of piperidine rings is 1. The summed E-state index contributed by atoms with van der Waals surface area (Å²) in [5.41, 5.74) is 0. The number of amides is 2. The molecule has 4 unspecified atom stereocenters. The SMILES string of the molecule is O=C1C2CCC(C2)C(=O)N1CC1CCCC1CO. The normalized spacial score (nSPS) is 39.7. The monoisotopic (exact) mass is 251 g/mol. The Labute approximate surface area is 107 Å². The minimum Gasteiger partial charge on any atom is -0.396 e. The van der Waals surface area contributed by atoms with E-state index in [9.17, 15) is 14.7 Å². The molecule has 100 valence electrons. The first-order valence-electron chi connectivity index (χ1n) is 7.16. The predicted molar refractivity (Wildman–Crippen MR) is 65.5 cm³/mol. The zero-order valence-electron chi connectivity index (χ0n) is 10.7. The van der Waals surface area contributed by atoms with Gasteiger partial charge in [-0.2, -0.15) is 0 Å². The van der Waals surface area contributed by atoms with Gasteiger partial charge in [0.25, 0.3) is 0 Å². The molecule has 0 spiro atoms. The van der Waals surface area contributed by atoms with Gasteiger partial charge in [0.1, 0.15) is 0 Å². The van der Waals surface area contributed by atoms with Crippen molar-refractivity contribution in [3.8, 4) is 0 Å². The van der Waals surface area contributed by atoms with Gasteiger partial charge in [0, 0.05) is 25.0 Å². The molecule has 2 aliphatic carbocycles. The highest BCUT2D eigenvalue weighted by Gasteiger charge is 2.46. The number of nitrogens with zero attached hydrogens (tertiary/aromatic N) is 1. The van der Waals surface area contributed by atoms with Crippen molar-refractivity contribution in [2.75, 3.05) is 13.2 Å². The van der Waals surface area contributed by atoms with Crippen molar-refractivity contribution in [2.45, 2.75) is 38.5 Å². The molecule has 18 heavy (non-hydrogen) atoms. The number of aliphatic hydroxyl groups is 1. The Kier molecular flexibility index (Phi) is 3.14. The van der Waals surface area contributed by atoms with Gasteiger partial charge in [0.05, 0.1) is 0 Å². The maximum Gasteiger partial charge on any atom is 0.232 e. The second kappa shape index (κ2) is 4.65. The summed E-state index contributed by atoms with van der Waals surface area (Å²) in [5, 5.41) is 9.33. The molecule has 2 saturated carbocycles. The van der Waals surface area contributed by atoms with Gasteiger partial charge < -0.3 is 5.11 Å². The van der Waals surface area contributed by atoms with E-state index >= 15 is 0 Å². The van der Waals surface area contributed by atoms with E-state index in [0.717, 1.165) is 38.5 Å². The van der Waals surface area contributed by atoms with E-state index in [1.807, 2.05) is 0 Å². The average Bonchev–Trinajstić information content (AvgIpc) is 3.00. The Balaban J connectivity index is 1.71. The van der Waals surface area contributed by atoms with Gasteiger partial charge >= 0.3 is 0 Å². The van der Waals surface area contributed by atoms with E-state index in [2.05, 4.69) is 0 Å². The van der Waals surface area contributed by atoms with Crippen LogP contribution in [0.3, 0.4) is 0 Å². The molecule has 0 radical (unpaired) electrons. The number of rotatable bonds is 3. The molecule has 0 aromatic heterocycles. The third-order valence-corrected chi connectivity index (χ3v) is 5.13. The zero-order valence-corrected chi connectivity index (χ0v) is 10.7. The summed E-state index contributed by atoms with van der Waals surface area (Å²) in [6.07, 6.45) is 5.74. The molecular weight excluding hydrogens is 230 g/mol. The van der Waals surface area contributed by atoms with Crippen LogP contribution in [0.25, 0.3) is 0 Å². The van der Waals surface area contributed by atoms with Crippen molar-refractivity contribution in [2.24, 2.45) is 23.7 Å². The molecule has 1 aliphatic heterocycles. The molecule has 3 fully saturated rings. The van der Waals surface area contributed by atoms with Crippen LogP contribution in [-0.4, -0.2) is 35.0 Å². The van der Waals surface area contributed by atoms with Crippen LogP contribution in [0.5, 0.6) is 0 Å². The van der Waals surface area contributed by atoms with Gasteiger partial charge in [-0.05, 0) is 43.9 Å². The molecule has 3 aliphatic rings. The van der Waals surface area contributed by atoms with Crippen molar-refractivity contribution in [1.82, 2.24) is 4.90 Å². The van der Waals surface area contributed by atoms with Crippen molar-refractivity contribution in [1.29, 1.82) is 0 Å². The van der Waals surface area contributed by atoms with Crippen molar-refractivity contribution in [3.63, 3.8) is 0 Å². The number of carbonyl (C=O) groups is 2. The van der Waals surface area contributed by atoms with Crippen LogP contribution < -0.4 is 0 Å². The maximum atomic E-state index is 12.2. The zero-order chi connectivity index (χ0) is 12.7. The van der Waals surface area contributed by atoms with Crippen LogP contribution in [0.1, 0.15) is 38.5 Å². The molecule has 0 aromatic rings. The second-order valence-corrected chi connectivity index (χ2v) is 6.13. The number of carbonyl (C=O) groups excluding carboxylic acids is 2. The fourth-order valence-corrected chi connectivity index (χ4v) is 3.99. The topological polar surface area (TPSA) is 57.6 Å². The number of hydrogen-bond acceptors (Lipinski definition) is 3. The highest BCUT2D eigenvalue weighted by Crippen LogP contribution is 2.40. The Hall–Kier alpha value is -0.900. The number of aliphatic hydroxyl groups excluding tert-OH is 1. The van der Waals surface area contributed by atoms with E-state index in [1.54, 1.807) is 0 Å². The average molecular weight is 251 g/mol. The van der Waals surface area contributed by atoms with Gasteiger partial charge in [-0.1, -0.05) is 6.42 Å². The summed E-state index contributed by atoms with van der Waals surface area (Å²) in [7, 11) is 0. The van der Waals surface area contributed by atoms with E-state index in [0.29, 0.717) is 12.5 Å². The highest BCUT2D eigenvalue weighted by molar-refractivity contribution is 6.00. The van der Waals surface area contributed by atoms with Crippen LogP contribution in [-0.2, 0) is 9.59 Å². The number of hydrogen-bond donors (Lipinski definition) is 1. The summed E-state index contributed by atoms with van der Waals surface area (Å²) in [5.74, 6) is 0.906. The minimum atomic E-state index is 0.0531. The lowest BCUT2D eigenvalue weighted by Gasteiger charge is -2.32. The first-order chi connectivity index (χ1) is 8.70. The van der Waals surface area contributed by atoms with E-state index in [4.69, 9.17) is 0 Å². The molecule has 1 heterocycles. The Morgan fingerprint density at radius 2 is 1.61 bits per heavy atom. The lowest BCUT2D eigenvalue weighted by atomic mass is 9.92. The smallest absolute Gasteiger partial charge is 0.232 e. The third-order valence-electron chi connectivity index (χ3n) is 5.13. The van der Waals surface area contributed by atoms with Crippen LogP contribution in [0.15, 0.2) is 0 Å². The van der Waals surface area contributed by atoms with E-state index in [1.165, 1.54) is 4.90 Å². The molecule has 2 amide bonds. The van der Waals surface area contributed by atoms with Crippen molar-refractivity contribution in [3.05, 3.63) is 0 Å². The predicted octanol–water partition coefficient (Wildman–Crippen LogP) is 1.18. The number of imide groups is 1. The van der Waals surface area contributed by atoms with Crippen LogP contribution in [0, 0.1) is 23.7 Å². The van der Waals surface area contributed by atoms with Gasteiger partial charge in [0.2, 0.25) is 11.8 Å². The summed E-state index contributed by atoms with van der Waals surface area (Å²) in [6.45, 7) is 0.740. The fourth-order valence-electron chi connectivity index (χ4n) is 3.99.